The molecule has 1 aromatic rings. The molecule has 3 nitrogen and oxygen atoms in total. The second-order valence-corrected chi connectivity index (χ2v) is 7.61. The summed E-state index contributed by atoms with van der Waals surface area (Å²) < 4.78 is 5.67. The molecule has 0 aromatic heterocycles. The maximum absolute atomic E-state index is 12.8. The zero-order valence-corrected chi connectivity index (χ0v) is 14.4. The first-order chi connectivity index (χ1) is 10.8. The molecule has 1 saturated carbocycles. The quantitative estimate of drug-likeness (QED) is 0.758. The van der Waals surface area contributed by atoms with Gasteiger partial charge in [0.25, 0.3) is 0 Å². The van der Waals surface area contributed by atoms with Crippen LogP contribution in [0, 0.1) is 0 Å². The van der Waals surface area contributed by atoms with Gasteiger partial charge in [-0.1, -0.05) is 24.6 Å². The van der Waals surface area contributed by atoms with Crippen LogP contribution in [0.1, 0.15) is 74.9 Å². The maximum Gasteiger partial charge on any atom is 0.317 e. The second kappa shape index (κ2) is 5.33. The van der Waals surface area contributed by atoms with E-state index in [4.69, 9.17) is 4.74 Å². The molecule has 0 unspecified atom stereocenters. The van der Waals surface area contributed by atoms with E-state index in [1.165, 1.54) is 0 Å². The topological polar surface area (TPSA) is 43.4 Å². The van der Waals surface area contributed by atoms with Gasteiger partial charge in [-0.25, -0.2) is 0 Å². The number of ether oxygens (including phenoxy) is 1. The largest absolute Gasteiger partial charge is 0.459 e. The van der Waals surface area contributed by atoms with Gasteiger partial charge < -0.3 is 4.74 Å². The fourth-order valence-electron chi connectivity index (χ4n) is 3.49. The number of fused-ring (bicyclic) bond motifs is 1. The molecule has 2 aliphatic rings. The Labute approximate surface area is 137 Å². The molecule has 0 bridgehead atoms. The van der Waals surface area contributed by atoms with Crippen LogP contribution < -0.4 is 0 Å². The summed E-state index contributed by atoms with van der Waals surface area (Å²) in [5, 5.41) is 0. The number of carbonyl (C=O) groups excluding carboxylic acids is 2. The first-order valence-corrected chi connectivity index (χ1v) is 8.33. The molecule has 122 valence electrons. The molecule has 0 atom stereocenters. The number of carbonyl (C=O) groups is 2. The van der Waals surface area contributed by atoms with Crippen molar-refractivity contribution in [1.82, 2.24) is 0 Å². The number of benzene rings is 1. The molecular formula is C20H24O3. The third-order valence-electron chi connectivity index (χ3n) is 4.91. The van der Waals surface area contributed by atoms with Gasteiger partial charge >= 0.3 is 5.97 Å². The lowest BCUT2D eigenvalue weighted by Gasteiger charge is -2.41. The van der Waals surface area contributed by atoms with Gasteiger partial charge in [0.15, 0.2) is 5.78 Å². The predicted molar refractivity (Wildman–Crippen MR) is 90.4 cm³/mol. The van der Waals surface area contributed by atoms with E-state index in [0.29, 0.717) is 6.42 Å². The molecule has 0 amide bonds. The Hall–Kier alpha value is -1.90. The Balaban J connectivity index is 2.01. The van der Waals surface area contributed by atoms with Crippen molar-refractivity contribution in [3.05, 3.63) is 41.0 Å². The molecule has 0 radical (unpaired) electrons. The van der Waals surface area contributed by atoms with Gasteiger partial charge in [0.2, 0.25) is 0 Å². The first kappa shape index (κ1) is 16.0. The van der Waals surface area contributed by atoms with Crippen molar-refractivity contribution in [3.63, 3.8) is 0 Å². The lowest BCUT2D eigenvalue weighted by atomic mass is 9.64. The smallest absolute Gasteiger partial charge is 0.317 e. The van der Waals surface area contributed by atoms with E-state index in [9.17, 15) is 9.59 Å². The minimum atomic E-state index is -0.535. The molecule has 2 aliphatic carbocycles. The number of ketones is 1. The van der Waals surface area contributed by atoms with Gasteiger partial charge in [0.1, 0.15) is 5.60 Å². The molecule has 0 N–H and O–H groups in total. The van der Waals surface area contributed by atoms with Crippen LogP contribution in [0.5, 0.6) is 0 Å². The second-order valence-electron chi connectivity index (χ2n) is 7.61. The normalized spacial score (nSPS) is 21.0. The lowest BCUT2D eigenvalue weighted by molar-refractivity contribution is -0.166. The molecule has 3 heteroatoms. The highest BCUT2D eigenvalue weighted by molar-refractivity contribution is 6.12. The van der Waals surface area contributed by atoms with Crippen molar-refractivity contribution in [2.75, 3.05) is 0 Å². The number of allylic oxidation sites excluding steroid dienone is 2. The van der Waals surface area contributed by atoms with Crippen LogP contribution >= 0.6 is 0 Å². The third-order valence-corrected chi connectivity index (χ3v) is 4.91. The standard InChI is InChI=1S/C20H24O3/c1-5-13-11-17(21)15-8-7-14(12-16(13)15)20(9-6-10-20)18(22)23-19(2,3)4/h5,7-8,12H,6,9-11H2,1-4H3/b13-5-. The Kier molecular flexibility index (Phi) is 3.70. The summed E-state index contributed by atoms with van der Waals surface area (Å²) in [5.41, 5.74) is 2.80. The lowest BCUT2D eigenvalue weighted by Crippen LogP contribution is -2.46. The molecule has 0 saturated heterocycles. The SMILES string of the molecule is C/C=C1/CC(=O)c2ccc(C3(C(=O)OC(C)(C)C)CCC3)cc21. The summed E-state index contributed by atoms with van der Waals surface area (Å²) in [5.74, 6) is 0.0297. The average Bonchev–Trinajstić information content (AvgIpc) is 2.72. The monoisotopic (exact) mass is 312 g/mol. The molecule has 23 heavy (non-hydrogen) atoms. The van der Waals surface area contributed by atoms with Gasteiger partial charge in [0, 0.05) is 12.0 Å². The summed E-state index contributed by atoms with van der Waals surface area (Å²) in [6.07, 6.45) is 5.13. The summed E-state index contributed by atoms with van der Waals surface area (Å²) in [6, 6.07) is 5.87. The van der Waals surface area contributed by atoms with Gasteiger partial charge in [-0.3, -0.25) is 9.59 Å². The van der Waals surface area contributed by atoms with Crippen molar-refractivity contribution < 1.29 is 14.3 Å². The Morgan fingerprint density at radius 3 is 2.43 bits per heavy atom. The van der Waals surface area contributed by atoms with E-state index in [1.807, 2.05) is 52.0 Å². The fourth-order valence-corrected chi connectivity index (χ4v) is 3.49. The molecule has 1 fully saturated rings. The molecule has 3 rings (SSSR count). The van der Waals surface area contributed by atoms with Crippen LogP contribution in [0.3, 0.4) is 0 Å². The first-order valence-electron chi connectivity index (χ1n) is 8.33. The van der Waals surface area contributed by atoms with Crippen molar-refractivity contribution >= 4 is 17.3 Å². The Bertz CT molecular complexity index is 700. The van der Waals surface area contributed by atoms with Gasteiger partial charge in [0.05, 0.1) is 5.41 Å². The van der Waals surface area contributed by atoms with Crippen LogP contribution in [0.2, 0.25) is 0 Å². The maximum atomic E-state index is 12.8. The van der Waals surface area contributed by atoms with Crippen LogP contribution in [-0.4, -0.2) is 17.4 Å². The summed E-state index contributed by atoms with van der Waals surface area (Å²) in [4.78, 5) is 24.8. The number of Topliss-reactive ketones (excluding diaryl/α,β-unsaturated/α-hetero) is 1. The highest BCUT2D eigenvalue weighted by atomic mass is 16.6. The summed E-state index contributed by atoms with van der Waals surface area (Å²) in [7, 11) is 0. The van der Waals surface area contributed by atoms with Gasteiger partial charge in [-0.05, 0) is 63.3 Å². The number of rotatable bonds is 2. The predicted octanol–water partition coefficient (Wildman–Crippen LogP) is 4.44. The highest BCUT2D eigenvalue weighted by Gasteiger charge is 2.48. The van der Waals surface area contributed by atoms with Crippen molar-refractivity contribution in [3.8, 4) is 0 Å². The van der Waals surface area contributed by atoms with E-state index in [0.717, 1.165) is 41.5 Å². The van der Waals surface area contributed by atoms with Crippen LogP contribution in [-0.2, 0) is 14.9 Å². The van der Waals surface area contributed by atoms with Crippen molar-refractivity contribution in [2.45, 2.75) is 64.4 Å². The zero-order valence-electron chi connectivity index (χ0n) is 14.4. The van der Waals surface area contributed by atoms with Gasteiger partial charge in [-0.15, -0.1) is 0 Å². The van der Waals surface area contributed by atoms with E-state index < -0.39 is 11.0 Å². The minimum Gasteiger partial charge on any atom is -0.459 e. The molecule has 1 aromatic carbocycles. The van der Waals surface area contributed by atoms with Crippen molar-refractivity contribution in [1.29, 1.82) is 0 Å². The summed E-state index contributed by atoms with van der Waals surface area (Å²) >= 11 is 0. The highest BCUT2D eigenvalue weighted by Crippen LogP contribution is 2.47. The zero-order chi connectivity index (χ0) is 16.8. The Morgan fingerprint density at radius 2 is 1.91 bits per heavy atom. The van der Waals surface area contributed by atoms with Crippen LogP contribution in [0.15, 0.2) is 24.3 Å². The number of esters is 1. The van der Waals surface area contributed by atoms with Crippen LogP contribution in [0.25, 0.3) is 5.57 Å². The molecule has 0 spiro atoms. The van der Waals surface area contributed by atoms with E-state index in [2.05, 4.69) is 0 Å². The fraction of sp³-hybridized carbons (Fsp3) is 0.500. The van der Waals surface area contributed by atoms with E-state index >= 15 is 0 Å². The minimum absolute atomic E-state index is 0.137. The Morgan fingerprint density at radius 1 is 1.22 bits per heavy atom. The number of hydrogen-bond acceptors (Lipinski definition) is 3. The summed E-state index contributed by atoms with van der Waals surface area (Å²) in [6.45, 7) is 7.65. The van der Waals surface area contributed by atoms with Gasteiger partial charge in [-0.2, -0.15) is 0 Å². The van der Waals surface area contributed by atoms with Crippen molar-refractivity contribution in [2.24, 2.45) is 0 Å². The van der Waals surface area contributed by atoms with E-state index in [-0.39, 0.29) is 11.8 Å². The van der Waals surface area contributed by atoms with Crippen LogP contribution in [0.4, 0.5) is 0 Å². The molecule has 0 heterocycles. The van der Waals surface area contributed by atoms with E-state index in [1.54, 1.807) is 0 Å². The number of hydrogen-bond donors (Lipinski definition) is 0. The average molecular weight is 312 g/mol. The third kappa shape index (κ3) is 2.62. The molecule has 0 aliphatic heterocycles. The molecular weight excluding hydrogens is 288 g/mol.